The van der Waals surface area contributed by atoms with Crippen LogP contribution in [0.5, 0.6) is 0 Å². The number of hydrogen-bond donors (Lipinski definition) is 0. The van der Waals surface area contributed by atoms with Gasteiger partial charge >= 0.3 is 11.7 Å². The Bertz CT molecular complexity index is 697. The number of Topliss-reactive ketones (excluding diaryl/α,β-unsaturated/α-hetero) is 1. The molecule has 0 aromatic heterocycles. The standard InChI is InChI=1S/C21H30N2O3/c1-12(24)26-18-7-6-14-13-4-5-16-19(23-22)17(25)9-11-20(16,2)15(13)8-10-21(14,18)3/h13-16,18H,4-11H2,1-3H3/t13-,14-,15+,16?,18?,20+,21-/m0/s1. The average Bonchev–Trinajstić information content (AvgIpc) is 2.91. The minimum absolute atomic E-state index is 0.0323. The SMILES string of the molecule is CC(=O)OC1CC[C@H]2[C@@H]3CCC4C(=[N+]=[N-])C(=O)CC[C@]4(C)[C@@H]3CC[C@]12C. The molecule has 26 heavy (non-hydrogen) atoms. The number of hydrogen-bond acceptors (Lipinski definition) is 3. The van der Waals surface area contributed by atoms with Crippen LogP contribution >= 0.6 is 0 Å². The number of carbonyl (C=O) groups excluding carboxylic acids is 2. The van der Waals surface area contributed by atoms with Gasteiger partial charge in [0.1, 0.15) is 6.10 Å². The summed E-state index contributed by atoms with van der Waals surface area (Å²) < 4.78 is 5.71. The molecule has 0 aliphatic heterocycles. The molecule has 0 heterocycles. The van der Waals surface area contributed by atoms with Crippen molar-refractivity contribution in [3.63, 3.8) is 0 Å². The van der Waals surface area contributed by atoms with Crippen LogP contribution in [0.4, 0.5) is 0 Å². The normalized spacial score (nSPS) is 47.4. The van der Waals surface area contributed by atoms with Crippen LogP contribution in [0.1, 0.15) is 72.1 Å². The van der Waals surface area contributed by atoms with E-state index < -0.39 is 0 Å². The van der Waals surface area contributed by atoms with Gasteiger partial charge in [0.2, 0.25) is 5.78 Å². The van der Waals surface area contributed by atoms with E-state index in [1.165, 1.54) is 6.92 Å². The van der Waals surface area contributed by atoms with E-state index in [4.69, 9.17) is 4.74 Å². The Morgan fingerprint density at radius 1 is 1.08 bits per heavy atom. The van der Waals surface area contributed by atoms with Crippen LogP contribution in [0.15, 0.2) is 0 Å². The highest BCUT2D eigenvalue weighted by Crippen LogP contribution is 2.65. The lowest BCUT2D eigenvalue weighted by Gasteiger charge is -2.58. The summed E-state index contributed by atoms with van der Waals surface area (Å²) in [6.45, 7) is 6.17. The molecule has 0 saturated heterocycles. The van der Waals surface area contributed by atoms with Gasteiger partial charge in [-0.15, -0.1) is 0 Å². The largest absolute Gasteiger partial charge is 0.462 e. The monoisotopic (exact) mass is 358 g/mol. The van der Waals surface area contributed by atoms with E-state index in [2.05, 4.69) is 18.6 Å². The Morgan fingerprint density at radius 2 is 1.81 bits per heavy atom. The summed E-state index contributed by atoms with van der Waals surface area (Å²) in [6, 6.07) is 0. The van der Waals surface area contributed by atoms with E-state index in [1.54, 1.807) is 0 Å². The summed E-state index contributed by atoms with van der Waals surface area (Å²) in [6.07, 6.45) is 7.81. The van der Waals surface area contributed by atoms with Gasteiger partial charge < -0.3 is 10.3 Å². The molecule has 0 aromatic carbocycles. The van der Waals surface area contributed by atoms with Crippen LogP contribution in [0.25, 0.3) is 5.53 Å². The number of esters is 1. The molecule has 0 aromatic rings. The van der Waals surface area contributed by atoms with E-state index in [1.807, 2.05) is 0 Å². The first kappa shape index (κ1) is 17.9. The molecule has 0 amide bonds. The van der Waals surface area contributed by atoms with Crippen molar-refractivity contribution in [2.45, 2.75) is 78.2 Å². The molecule has 4 aliphatic carbocycles. The van der Waals surface area contributed by atoms with Crippen molar-refractivity contribution >= 4 is 17.5 Å². The van der Waals surface area contributed by atoms with Gasteiger partial charge in [-0.2, -0.15) is 4.79 Å². The van der Waals surface area contributed by atoms with Crippen LogP contribution in [0.3, 0.4) is 0 Å². The fourth-order valence-corrected chi connectivity index (χ4v) is 7.44. The lowest BCUT2D eigenvalue weighted by Crippen LogP contribution is -2.57. The van der Waals surface area contributed by atoms with Crippen LogP contribution in [0.2, 0.25) is 0 Å². The second kappa shape index (κ2) is 6.02. The zero-order valence-corrected chi connectivity index (χ0v) is 16.2. The van der Waals surface area contributed by atoms with Gasteiger partial charge in [0.25, 0.3) is 0 Å². The summed E-state index contributed by atoms with van der Waals surface area (Å²) in [5, 5.41) is 0. The molecule has 4 aliphatic rings. The van der Waals surface area contributed by atoms with Crippen molar-refractivity contribution in [1.82, 2.24) is 0 Å². The minimum atomic E-state index is -0.163. The minimum Gasteiger partial charge on any atom is -0.462 e. The molecule has 0 bridgehead atoms. The summed E-state index contributed by atoms with van der Waals surface area (Å²) in [4.78, 5) is 27.2. The van der Waals surface area contributed by atoms with Gasteiger partial charge in [-0.25, -0.2) is 0 Å². The highest BCUT2D eigenvalue weighted by Gasteiger charge is 2.63. The molecule has 0 N–H and O–H groups in total. The summed E-state index contributed by atoms with van der Waals surface area (Å²) >= 11 is 0. The topological polar surface area (TPSA) is 79.8 Å². The maximum absolute atomic E-state index is 12.2. The molecule has 0 spiro atoms. The lowest BCUT2D eigenvalue weighted by molar-refractivity contribution is -0.160. The van der Waals surface area contributed by atoms with Crippen molar-refractivity contribution in [2.75, 3.05) is 0 Å². The van der Waals surface area contributed by atoms with Crippen molar-refractivity contribution in [3.8, 4) is 0 Å². The van der Waals surface area contributed by atoms with E-state index in [9.17, 15) is 15.1 Å². The van der Waals surface area contributed by atoms with Gasteiger partial charge in [-0.05, 0) is 68.1 Å². The fraction of sp³-hybridized carbons (Fsp3) is 0.857. The highest BCUT2D eigenvalue weighted by molar-refractivity contribution is 6.39. The van der Waals surface area contributed by atoms with Crippen molar-refractivity contribution in [2.24, 2.45) is 34.5 Å². The third kappa shape index (κ3) is 2.36. The van der Waals surface area contributed by atoms with E-state index in [0.717, 1.165) is 44.9 Å². The zero-order chi connectivity index (χ0) is 18.7. The quantitative estimate of drug-likeness (QED) is 0.406. The first-order chi connectivity index (χ1) is 12.3. The van der Waals surface area contributed by atoms with Gasteiger partial charge in [-0.3, -0.25) is 9.59 Å². The predicted octanol–water partition coefficient (Wildman–Crippen LogP) is 3.81. The maximum atomic E-state index is 12.2. The first-order valence-corrected chi connectivity index (χ1v) is 10.2. The molecule has 7 atom stereocenters. The molecule has 2 unspecified atom stereocenters. The van der Waals surface area contributed by atoms with Crippen LogP contribution in [-0.4, -0.2) is 28.4 Å². The molecule has 0 radical (unpaired) electrons. The number of rotatable bonds is 1. The predicted molar refractivity (Wildman–Crippen MR) is 96.3 cm³/mol. The molecular weight excluding hydrogens is 328 g/mol. The number of ether oxygens (including phenoxy) is 1. The Labute approximate surface area is 155 Å². The van der Waals surface area contributed by atoms with Gasteiger partial charge in [0.15, 0.2) is 0 Å². The number of carbonyl (C=O) groups is 2. The first-order valence-electron chi connectivity index (χ1n) is 10.2. The fourth-order valence-electron chi connectivity index (χ4n) is 7.44. The summed E-state index contributed by atoms with van der Waals surface area (Å²) in [7, 11) is 0. The average molecular weight is 358 g/mol. The zero-order valence-electron chi connectivity index (χ0n) is 16.2. The second-order valence-corrected chi connectivity index (χ2v) is 9.64. The molecule has 142 valence electrons. The van der Waals surface area contributed by atoms with Crippen LogP contribution in [-0.2, 0) is 14.3 Å². The van der Waals surface area contributed by atoms with E-state index in [-0.39, 0.29) is 34.6 Å². The number of fused-ring (bicyclic) bond motifs is 5. The van der Waals surface area contributed by atoms with Crippen LogP contribution in [0, 0.1) is 34.5 Å². The summed E-state index contributed by atoms with van der Waals surface area (Å²) in [5.41, 5.74) is 10.0. The lowest BCUT2D eigenvalue weighted by atomic mass is 9.45. The Kier molecular flexibility index (Phi) is 4.15. The second-order valence-electron chi connectivity index (χ2n) is 9.64. The molecule has 5 nitrogen and oxygen atoms in total. The van der Waals surface area contributed by atoms with Gasteiger partial charge in [-0.1, -0.05) is 13.8 Å². The van der Waals surface area contributed by atoms with Crippen molar-refractivity contribution in [1.29, 1.82) is 0 Å². The third-order valence-corrected chi connectivity index (χ3v) is 8.70. The van der Waals surface area contributed by atoms with E-state index >= 15 is 0 Å². The molecular formula is C21H30N2O3. The number of nitrogens with zero attached hydrogens (tertiary/aromatic N) is 2. The van der Waals surface area contributed by atoms with Crippen molar-refractivity contribution < 1.29 is 19.1 Å². The smallest absolute Gasteiger partial charge is 0.337 e. The van der Waals surface area contributed by atoms with Gasteiger partial charge in [0.05, 0.1) is 5.92 Å². The maximum Gasteiger partial charge on any atom is 0.337 e. The Balaban J connectivity index is 1.63. The van der Waals surface area contributed by atoms with Crippen molar-refractivity contribution in [3.05, 3.63) is 5.53 Å². The van der Waals surface area contributed by atoms with Gasteiger partial charge in [0, 0.05) is 18.8 Å². The molecule has 4 saturated carbocycles. The summed E-state index contributed by atoms with van der Waals surface area (Å²) in [5.74, 6) is 1.76. The molecule has 4 rings (SSSR count). The highest BCUT2D eigenvalue weighted by atomic mass is 16.5. The molecule has 4 fully saturated rings. The Morgan fingerprint density at radius 3 is 2.50 bits per heavy atom. The van der Waals surface area contributed by atoms with E-state index in [0.29, 0.717) is 29.9 Å². The number of ketones is 1. The van der Waals surface area contributed by atoms with Crippen LogP contribution < -0.4 is 0 Å². The Hall–Kier alpha value is -1.48. The molecule has 5 heteroatoms. The third-order valence-electron chi connectivity index (χ3n) is 8.70.